The van der Waals surface area contributed by atoms with E-state index in [0.29, 0.717) is 15.7 Å². The molecule has 0 N–H and O–H groups in total. The van der Waals surface area contributed by atoms with Gasteiger partial charge in [0.1, 0.15) is 0 Å². The minimum absolute atomic E-state index is 0.438. The molecule has 1 aromatic rings. The molecule has 5 heteroatoms. The van der Waals surface area contributed by atoms with Gasteiger partial charge in [-0.25, -0.2) is 0 Å². The molecular weight excluding hydrogens is 206 g/mol. The van der Waals surface area contributed by atoms with E-state index < -0.39 is 0 Å². The average Bonchev–Trinajstić information content (AvgIpc) is 1.98. The highest BCUT2D eigenvalue weighted by molar-refractivity contribution is 6.42. The van der Waals surface area contributed by atoms with E-state index >= 15 is 0 Å². The molecule has 0 atom stereocenters. The van der Waals surface area contributed by atoms with Crippen molar-refractivity contribution in [3.63, 3.8) is 0 Å². The van der Waals surface area contributed by atoms with Crippen LogP contribution >= 0.6 is 35.0 Å². The molecular formula is C6H3Cl3N2. The second kappa shape index (κ2) is 3.90. The van der Waals surface area contributed by atoms with Gasteiger partial charge >= 0.3 is 0 Å². The molecule has 58 valence electrons. The molecule has 0 heterocycles. The fraction of sp³-hybridized carbons (Fsp3) is 0. The topological polar surface area (TPSA) is 24.7 Å². The molecule has 0 saturated heterocycles. The van der Waals surface area contributed by atoms with Gasteiger partial charge in [-0.15, -0.1) is 5.11 Å². The van der Waals surface area contributed by atoms with E-state index in [-0.39, 0.29) is 0 Å². The van der Waals surface area contributed by atoms with Gasteiger partial charge < -0.3 is 0 Å². The molecule has 0 fully saturated rings. The Balaban J connectivity index is 3.05. The molecule has 11 heavy (non-hydrogen) atoms. The first-order valence-corrected chi connectivity index (χ1v) is 3.80. The van der Waals surface area contributed by atoms with Crippen molar-refractivity contribution in [1.82, 2.24) is 0 Å². The van der Waals surface area contributed by atoms with Crippen LogP contribution in [-0.2, 0) is 0 Å². The molecule has 0 aliphatic rings. The molecule has 0 unspecified atom stereocenters. The molecule has 0 amide bonds. The van der Waals surface area contributed by atoms with Gasteiger partial charge in [-0.1, -0.05) is 27.8 Å². The third-order valence-corrected chi connectivity index (χ3v) is 1.87. The summed E-state index contributed by atoms with van der Waals surface area (Å²) in [5.74, 6) is 0. The summed E-state index contributed by atoms with van der Waals surface area (Å²) < 4.78 is 3.07. The molecule has 1 rings (SSSR count). The zero-order valence-corrected chi connectivity index (χ0v) is 7.53. The van der Waals surface area contributed by atoms with Crippen molar-refractivity contribution in [3.05, 3.63) is 28.2 Å². The third-order valence-electron chi connectivity index (χ3n) is 1.06. The van der Waals surface area contributed by atoms with Crippen molar-refractivity contribution >= 4 is 40.7 Å². The van der Waals surface area contributed by atoms with Gasteiger partial charge in [-0.05, 0) is 18.2 Å². The molecule has 0 aromatic heterocycles. The van der Waals surface area contributed by atoms with Crippen molar-refractivity contribution in [2.75, 3.05) is 0 Å². The van der Waals surface area contributed by atoms with E-state index in [1.165, 1.54) is 0 Å². The molecule has 0 bridgehead atoms. The Morgan fingerprint density at radius 2 is 1.82 bits per heavy atom. The predicted molar refractivity (Wildman–Crippen MR) is 46.8 cm³/mol. The van der Waals surface area contributed by atoms with Crippen molar-refractivity contribution in [1.29, 1.82) is 0 Å². The monoisotopic (exact) mass is 208 g/mol. The first-order valence-electron chi connectivity index (χ1n) is 2.71. The lowest BCUT2D eigenvalue weighted by atomic mass is 10.3. The van der Waals surface area contributed by atoms with Crippen LogP contribution in [0.2, 0.25) is 10.0 Å². The standard InChI is InChI=1S/C6H3Cl3N2/c7-5-2-1-4(10-11-9)3-6(5)8/h1-3H/b11-10+. The number of nitrogens with zero attached hydrogens (tertiary/aromatic N) is 2. The van der Waals surface area contributed by atoms with Crippen molar-refractivity contribution in [3.8, 4) is 0 Å². The second-order valence-corrected chi connectivity index (χ2v) is 2.74. The van der Waals surface area contributed by atoms with Crippen LogP contribution in [0.5, 0.6) is 0 Å². The second-order valence-electron chi connectivity index (χ2n) is 1.77. The van der Waals surface area contributed by atoms with Crippen LogP contribution in [0.3, 0.4) is 0 Å². The Kier molecular flexibility index (Phi) is 3.12. The van der Waals surface area contributed by atoms with Crippen LogP contribution in [0.4, 0.5) is 5.69 Å². The van der Waals surface area contributed by atoms with Crippen LogP contribution in [-0.4, -0.2) is 0 Å². The normalized spacial score (nSPS) is 10.8. The maximum atomic E-state index is 5.67. The van der Waals surface area contributed by atoms with Gasteiger partial charge in [-0.3, -0.25) is 0 Å². The quantitative estimate of drug-likeness (QED) is 0.618. The SMILES string of the molecule is Cl/N=N/c1ccc(Cl)c(Cl)c1. The van der Waals surface area contributed by atoms with E-state index in [4.69, 9.17) is 35.0 Å². The highest BCUT2D eigenvalue weighted by Gasteiger charge is 1.97. The highest BCUT2D eigenvalue weighted by Crippen LogP contribution is 2.26. The van der Waals surface area contributed by atoms with E-state index in [0.717, 1.165) is 0 Å². The maximum Gasteiger partial charge on any atom is 0.0883 e. The number of benzene rings is 1. The van der Waals surface area contributed by atoms with Gasteiger partial charge in [0.25, 0.3) is 0 Å². The van der Waals surface area contributed by atoms with Crippen molar-refractivity contribution in [2.45, 2.75) is 0 Å². The third kappa shape index (κ3) is 2.33. The highest BCUT2D eigenvalue weighted by atomic mass is 35.5. The molecule has 0 aliphatic carbocycles. The molecule has 0 spiro atoms. The number of halogens is 3. The van der Waals surface area contributed by atoms with Gasteiger partial charge in [0.05, 0.1) is 27.5 Å². The van der Waals surface area contributed by atoms with E-state index in [2.05, 4.69) is 9.75 Å². The summed E-state index contributed by atoms with van der Waals surface area (Å²) in [6, 6.07) is 4.88. The Hall–Kier alpha value is -0.310. The lowest BCUT2D eigenvalue weighted by Crippen LogP contribution is -1.66. The van der Waals surface area contributed by atoms with E-state index in [1.54, 1.807) is 18.2 Å². The number of hydrogen-bond acceptors (Lipinski definition) is 2. The lowest BCUT2D eigenvalue weighted by Gasteiger charge is -1.94. The molecule has 0 saturated carbocycles. The first-order chi connectivity index (χ1) is 5.24. The largest absolute Gasteiger partial charge is 0.138 e. The van der Waals surface area contributed by atoms with Crippen LogP contribution in [0.25, 0.3) is 0 Å². The number of hydrogen-bond donors (Lipinski definition) is 0. The average molecular weight is 209 g/mol. The molecule has 0 radical (unpaired) electrons. The van der Waals surface area contributed by atoms with Gasteiger partial charge in [0, 0.05) is 0 Å². The minimum Gasteiger partial charge on any atom is -0.138 e. The Morgan fingerprint density at radius 3 is 2.36 bits per heavy atom. The lowest BCUT2D eigenvalue weighted by molar-refractivity contribution is 1.33. The molecule has 1 aromatic carbocycles. The zero-order chi connectivity index (χ0) is 8.27. The van der Waals surface area contributed by atoms with E-state index in [1.807, 2.05) is 0 Å². The van der Waals surface area contributed by atoms with Crippen molar-refractivity contribution < 1.29 is 0 Å². The van der Waals surface area contributed by atoms with Crippen LogP contribution < -0.4 is 0 Å². The summed E-state index contributed by atoms with van der Waals surface area (Å²) >= 11 is 16.3. The summed E-state index contributed by atoms with van der Waals surface area (Å²) in [4.78, 5) is 0. The predicted octanol–water partition coefficient (Wildman–Crippen LogP) is 4.23. The smallest absolute Gasteiger partial charge is 0.0883 e. The van der Waals surface area contributed by atoms with Crippen LogP contribution in [0, 0.1) is 0 Å². The summed E-state index contributed by atoms with van der Waals surface area (Å²) in [5.41, 5.74) is 0.578. The Labute approximate surface area is 78.9 Å². The van der Waals surface area contributed by atoms with Crippen LogP contribution in [0.15, 0.2) is 27.9 Å². The van der Waals surface area contributed by atoms with Gasteiger partial charge in [-0.2, -0.15) is 0 Å². The fourth-order valence-corrected chi connectivity index (χ4v) is 0.971. The fourth-order valence-electron chi connectivity index (χ4n) is 0.591. The summed E-state index contributed by atoms with van der Waals surface area (Å²) in [7, 11) is 0. The van der Waals surface area contributed by atoms with Gasteiger partial charge in [0.15, 0.2) is 0 Å². The van der Waals surface area contributed by atoms with E-state index in [9.17, 15) is 0 Å². The first kappa shape index (κ1) is 8.78. The Bertz CT molecular complexity index is 285. The minimum atomic E-state index is 0.438. The van der Waals surface area contributed by atoms with Gasteiger partial charge in [0.2, 0.25) is 0 Å². The maximum absolute atomic E-state index is 5.67. The summed E-state index contributed by atoms with van der Waals surface area (Å²) in [6.45, 7) is 0. The Morgan fingerprint density at radius 1 is 1.09 bits per heavy atom. The number of rotatable bonds is 1. The zero-order valence-electron chi connectivity index (χ0n) is 5.26. The van der Waals surface area contributed by atoms with Crippen LogP contribution in [0.1, 0.15) is 0 Å². The van der Waals surface area contributed by atoms with Crippen molar-refractivity contribution in [2.24, 2.45) is 9.75 Å². The molecule has 0 aliphatic heterocycles. The molecule has 2 nitrogen and oxygen atoms in total. The summed E-state index contributed by atoms with van der Waals surface area (Å²) in [6.07, 6.45) is 0. The summed E-state index contributed by atoms with van der Waals surface area (Å²) in [5, 5.41) is 4.48.